The van der Waals surface area contributed by atoms with E-state index in [4.69, 9.17) is 14.4 Å². The van der Waals surface area contributed by atoms with E-state index in [1.807, 2.05) is 48.5 Å². The Balaban J connectivity index is 1.04. The molecule has 16 aromatic rings. The molecule has 0 aliphatic heterocycles. The zero-order valence-corrected chi connectivity index (χ0v) is 44.8. The molecule has 6 heteroatoms. The van der Waals surface area contributed by atoms with E-state index in [0.29, 0.717) is 33.9 Å². The molecule has 0 unspecified atom stereocenters. The number of hydrogen-bond acceptors (Lipinski definition) is 4. The van der Waals surface area contributed by atoms with Crippen molar-refractivity contribution in [1.29, 1.82) is 5.26 Å². The zero-order chi connectivity index (χ0) is 55.0. The van der Waals surface area contributed by atoms with Crippen LogP contribution in [-0.2, 0) is 0 Å². The molecule has 4 heterocycles. The highest BCUT2D eigenvalue weighted by Gasteiger charge is 2.28. The molecule has 0 saturated carbocycles. The maximum atomic E-state index is 11.9. The van der Waals surface area contributed by atoms with Gasteiger partial charge in [0.2, 0.25) is 0 Å². The van der Waals surface area contributed by atoms with Gasteiger partial charge in [0.25, 0.3) is 0 Å². The van der Waals surface area contributed by atoms with Gasteiger partial charge in [-0.05, 0) is 111 Å². The molecule has 0 amide bonds. The van der Waals surface area contributed by atoms with Crippen LogP contribution >= 0.6 is 0 Å². The van der Waals surface area contributed by atoms with E-state index in [1.165, 1.54) is 0 Å². The second-order valence-electron chi connectivity index (χ2n) is 21.1. The fourth-order valence-electron chi connectivity index (χ4n) is 12.5. The van der Waals surface area contributed by atoms with Crippen molar-refractivity contribution >= 4 is 65.6 Å². The van der Waals surface area contributed by atoms with Crippen molar-refractivity contribution in [3.63, 3.8) is 0 Å². The van der Waals surface area contributed by atoms with Gasteiger partial charge in [0.1, 0.15) is 17.3 Å². The summed E-state index contributed by atoms with van der Waals surface area (Å²) in [5.41, 5.74) is 20.2. The van der Waals surface area contributed by atoms with Crippen LogP contribution in [0.4, 0.5) is 0 Å². The molecule has 0 radical (unpaired) electrons. The molecule has 83 heavy (non-hydrogen) atoms. The summed E-state index contributed by atoms with van der Waals surface area (Å²) in [6.07, 6.45) is 0. The van der Waals surface area contributed by atoms with E-state index in [2.05, 4.69) is 252 Å². The minimum absolute atomic E-state index is 0.461. The van der Waals surface area contributed by atoms with Gasteiger partial charge < -0.3 is 13.6 Å². The SMILES string of the molecule is N#Cc1cc(-n2c3ccc(-c4ccccc4)cc3c3cc(-c4ccccc4)ccc32)c2c(oc3c(-c4cc(-c5ccccc5)nc(-c5ccccc5)n4)cccc32)c1-n1c2ccc(-c3ccccc3)cc2c2cc(-c3ccccc3)ccc21. The van der Waals surface area contributed by atoms with Gasteiger partial charge in [-0.25, -0.2) is 9.97 Å². The minimum Gasteiger partial charge on any atom is -0.453 e. The molecule has 0 atom stereocenters. The molecule has 0 aliphatic carbocycles. The smallest absolute Gasteiger partial charge is 0.162 e. The maximum Gasteiger partial charge on any atom is 0.162 e. The van der Waals surface area contributed by atoms with E-state index in [1.54, 1.807) is 0 Å². The summed E-state index contributed by atoms with van der Waals surface area (Å²) in [7, 11) is 0. The van der Waals surface area contributed by atoms with Crippen LogP contribution in [0.15, 0.2) is 290 Å². The molecule has 0 N–H and O–H groups in total. The average molecular weight is 1060 g/mol. The van der Waals surface area contributed by atoms with Crippen molar-refractivity contribution < 1.29 is 4.42 Å². The third kappa shape index (κ3) is 7.94. The van der Waals surface area contributed by atoms with E-state index < -0.39 is 0 Å². The average Bonchev–Trinajstić information content (AvgIpc) is 2.08. The first-order valence-electron chi connectivity index (χ1n) is 27.9. The number of nitrogens with zero attached hydrogens (tertiary/aromatic N) is 5. The Hall–Kier alpha value is -11.4. The number of rotatable bonds is 9. The second-order valence-corrected chi connectivity index (χ2v) is 21.1. The van der Waals surface area contributed by atoms with Crippen LogP contribution in [0.5, 0.6) is 0 Å². The lowest BCUT2D eigenvalue weighted by Gasteiger charge is -2.16. The summed E-state index contributed by atoms with van der Waals surface area (Å²) in [5, 5.41) is 18.0. The van der Waals surface area contributed by atoms with Crippen molar-refractivity contribution in [1.82, 2.24) is 19.1 Å². The van der Waals surface area contributed by atoms with Crippen LogP contribution in [0.2, 0.25) is 0 Å². The molecule has 16 rings (SSSR count). The van der Waals surface area contributed by atoms with Crippen molar-refractivity contribution in [2.24, 2.45) is 0 Å². The zero-order valence-electron chi connectivity index (χ0n) is 44.8. The molecule has 6 nitrogen and oxygen atoms in total. The van der Waals surface area contributed by atoms with Gasteiger partial charge in [-0.1, -0.05) is 218 Å². The summed E-state index contributed by atoms with van der Waals surface area (Å²) in [6, 6.07) is 103. The van der Waals surface area contributed by atoms with Gasteiger partial charge in [0, 0.05) is 43.6 Å². The molecule has 0 fully saturated rings. The monoisotopic (exact) mass is 1060 g/mol. The number of benzene rings is 12. The Morgan fingerprint density at radius 2 is 0.711 bits per heavy atom. The van der Waals surface area contributed by atoms with Crippen molar-refractivity contribution in [2.75, 3.05) is 0 Å². The van der Waals surface area contributed by atoms with Gasteiger partial charge in [-0.15, -0.1) is 0 Å². The largest absolute Gasteiger partial charge is 0.453 e. The number of fused-ring (bicyclic) bond motifs is 9. The number of hydrogen-bond donors (Lipinski definition) is 0. The number of aromatic nitrogens is 4. The Bertz CT molecular complexity index is 4980. The molecule has 386 valence electrons. The summed E-state index contributed by atoms with van der Waals surface area (Å²) < 4.78 is 12.3. The first-order valence-corrected chi connectivity index (χ1v) is 27.9. The van der Waals surface area contributed by atoms with E-state index in [-0.39, 0.29) is 0 Å². The summed E-state index contributed by atoms with van der Waals surface area (Å²) in [6.45, 7) is 0. The molecular weight excluding hydrogens is 1010 g/mol. The van der Waals surface area contributed by atoms with Gasteiger partial charge in [0.05, 0.1) is 50.1 Å². The molecule has 0 spiro atoms. The van der Waals surface area contributed by atoms with E-state index in [0.717, 1.165) is 127 Å². The number of para-hydroxylation sites is 1. The quantitative estimate of drug-likeness (QED) is 0.144. The second kappa shape index (κ2) is 19.5. The van der Waals surface area contributed by atoms with Crippen LogP contribution in [0, 0.1) is 11.3 Å². The lowest BCUT2D eigenvalue weighted by molar-refractivity contribution is 0.667. The van der Waals surface area contributed by atoms with Gasteiger partial charge in [0.15, 0.2) is 11.4 Å². The van der Waals surface area contributed by atoms with Crippen LogP contribution in [0.1, 0.15) is 5.56 Å². The minimum atomic E-state index is 0.461. The predicted octanol–water partition coefficient (Wildman–Crippen LogP) is 20.1. The summed E-state index contributed by atoms with van der Waals surface area (Å²) in [4.78, 5) is 10.5. The Kier molecular flexibility index (Phi) is 11.2. The fraction of sp³-hybridized carbons (Fsp3) is 0. The van der Waals surface area contributed by atoms with Gasteiger partial charge in [-0.3, -0.25) is 0 Å². The Morgan fingerprint density at radius 1 is 0.313 bits per heavy atom. The van der Waals surface area contributed by atoms with E-state index in [9.17, 15) is 5.26 Å². The lowest BCUT2D eigenvalue weighted by Crippen LogP contribution is -2.03. The third-order valence-corrected chi connectivity index (χ3v) is 16.4. The molecule has 0 bridgehead atoms. The van der Waals surface area contributed by atoms with Crippen LogP contribution < -0.4 is 0 Å². The predicted molar refractivity (Wildman–Crippen MR) is 341 cm³/mol. The molecule has 12 aromatic carbocycles. The van der Waals surface area contributed by atoms with Crippen molar-refractivity contribution in [3.8, 4) is 95.9 Å². The maximum absolute atomic E-state index is 11.9. The third-order valence-electron chi connectivity index (χ3n) is 16.4. The molecule has 0 saturated heterocycles. The van der Waals surface area contributed by atoms with Crippen LogP contribution in [0.25, 0.3) is 155 Å². The van der Waals surface area contributed by atoms with Gasteiger partial charge >= 0.3 is 0 Å². The first kappa shape index (κ1) is 47.6. The van der Waals surface area contributed by atoms with Gasteiger partial charge in [-0.2, -0.15) is 5.26 Å². The van der Waals surface area contributed by atoms with E-state index >= 15 is 0 Å². The fourth-order valence-corrected chi connectivity index (χ4v) is 12.5. The standard InChI is InChI=1S/C77H47N5O/c78-48-59-46-72(81-68-38-34-55(49-20-7-1-8-21-49)42-62(68)63-43-56(35-39-69(63)81)50-22-9-2-10-23-50)73-61-33-19-32-60(67-47-66(53-28-15-5-16-29-53)79-77(80-67)54-30-17-6-18-31-54)75(61)83-76(73)74(59)82-70-40-36-57(51-24-11-3-12-25-51)44-64(70)65-45-58(37-41-71(65)82)52-26-13-4-14-27-52/h1-47H. The normalized spacial score (nSPS) is 11.6. The number of nitriles is 1. The molecular formula is C77H47N5O. The summed E-state index contributed by atoms with van der Waals surface area (Å²) in [5.74, 6) is 0.605. The Morgan fingerprint density at radius 3 is 1.14 bits per heavy atom. The lowest BCUT2D eigenvalue weighted by atomic mass is 10.0. The number of furan rings is 1. The highest BCUT2D eigenvalue weighted by molar-refractivity contribution is 6.20. The highest BCUT2D eigenvalue weighted by atomic mass is 16.3. The summed E-state index contributed by atoms with van der Waals surface area (Å²) >= 11 is 0. The highest BCUT2D eigenvalue weighted by Crippen LogP contribution is 2.48. The Labute approximate surface area is 478 Å². The van der Waals surface area contributed by atoms with Crippen LogP contribution in [0.3, 0.4) is 0 Å². The topological polar surface area (TPSA) is 72.6 Å². The molecule has 4 aromatic heterocycles. The molecule has 0 aliphatic rings. The van der Waals surface area contributed by atoms with Crippen molar-refractivity contribution in [3.05, 3.63) is 291 Å². The first-order chi connectivity index (χ1) is 41.1. The van der Waals surface area contributed by atoms with Crippen molar-refractivity contribution in [2.45, 2.75) is 0 Å². The van der Waals surface area contributed by atoms with Crippen LogP contribution in [-0.4, -0.2) is 19.1 Å².